The molecule has 4 rings (SSSR count). The molecule has 0 amide bonds. The second kappa shape index (κ2) is 9.93. The third-order valence-electron chi connectivity index (χ3n) is 5.40. The van der Waals surface area contributed by atoms with Crippen molar-refractivity contribution in [1.29, 1.82) is 0 Å². The fourth-order valence-corrected chi connectivity index (χ4v) is 3.86. The molecule has 1 aliphatic heterocycles. The van der Waals surface area contributed by atoms with Crippen molar-refractivity contribution in [3.63, 3.8) is 0 Å². The smallest absolute Gasteiger partial charge is 0.336 e. The monoisotopic (exact) mass is 438 g/mol. The summed E-state index contributed by atoms with van der Waals surface area (Å²) >= 11 is 0. The minimum atomic E-state index is -0.395. The summed E-state index contributed by atoms with van der Waals surface area (Å²) in [5.74, 6) is 0.382. The Morgan fingerprint density at radius 2 is 2.12 bits per heavy atom. The first-order chi connectivity index (χ1) is 15.5. The van der Waals surface area contributed by atoms with E-state index in [9.17, 15) is 9.59 Å². The largest absolute Gasteiger partial charge is 0.477 e. The molecule has 32 heavy (non-hydrogen) atoms. The molecule has 0 unspecified atom stereocenters. The second-order valence-electron chi connectivity index (χ2n) is 7.76. The van der Waals surface area contributed by atoms with Crippen LogP contribution in [0.4, 0.5) is 0 Å². The van der Waals surface area contributed by atoms with E-state index in [2.05, 4.69) is 9.88 Å². The van der Waals surface area contributed by atoms with Crippen LogP contribution in [0.5, 0.6) is 5.75 Å². The number of aromatic nitrogens is 1. The number of benzene rings is 1. The van der Waals surface area contributed by atoms with Gasteiger partial charge in [0.05, 0.1) is 17.9 Å². The maximum atomic E-state index is 12.1. The number of carbonyl (C=O) groups excluding carboxylic acids is 1. The molecule has 1 aliphatic rings. The van der Waals surface area contributed by atoms with Gasteiger partial charge in [-0.1, -0.05) is 6.07 Å². The van der Waals surface area contributed by atoms with Crippen LogP contribution in [0.3, 0.4) is 0 Å². The van der Waals surface area contributed by atoms with Gasteiger partial charge in [-0.05, 0) is 42.7 Å². The van der Waals surface area contributed by atoms with Gasteiger partial charge >= 0.3 is 11.6 Å². The maximum Gasteiger partial charge on any atom is 0.336 e. The SMILES string of the molecule is COCCOC(=O)CCc1cc2c(C)cc(=O)oc2c2c1OCN(Cc1ccccn1)C2. The lowest BCUT2D eigenvalue weighted by Gasteiger charge is -2.30. The van der Waals surface area contributed by atoms with E-state index < -0.39 is 5.63 Å². The van der Waals surface area contributed by atoms with Crippen molar-refractivity contribution in [1.82, 2.24) is 9.88 Å². The van der Waals surface area contributed by atoms with Crippen molar-refractivity contribution < 1.29 is 23.4 Å². The van der Waals surface area contributed by atoms with E-state index in [1.54, 1.807) is 13.3 Å². The molecule has 168 valence electrons. The molecule has 0 spiro atoms. The fourth-order valence-electron chi connectivity index (χ4n) is 3.86. The molecular weight excluding hydrogens is 412 g/mol. The Kier molecular flexibility index (Phi) is 6.82. The third-order valence-corrected chi connectivity index (χ3v) is 5.40. The van der Waals surface area contributed by atoms with Gasteiger partial charge in [0.25, 0.3) is 0 Å². The second-order valence-corrected chi connectivity index (χ2v) is 7.76. The number of hydrogen-bond donors (Lipinski definition) is 0. The number of hydrogen-bond acceptors (Lipinski definition) is 8. The van der Waals surface area contributed by atoms with Gasteiger partial charge in [-0.25, -0.2) is 4.79 Å². The van der Waals surface area contributed by atoms with Crippen molar-refractivity contribution >= 4 is 16.9 Å². The van der Waals surface area contributed by atoms with Gasteiger partial charge in [-0.2, -0.15) is 0 Å². The summed E-state index contributed by atoms with van der Waals surface area (Å²) in [7, 11) is 1.56. The van der Waals surface area contributed by atoms with Crippen LogP contribution in [-0.2, 0) is 33.8 Å². The Morgan fingerprint density at radius 3 is 2.91 bits per heavy atom. The van der Waals surface area contributed by atoms with Gasteiger partial charge in [0.1, 0.15) is 24.7 Å². The lowest BCUT2D eigenvalue weighted by molar-refractivity contribution is -0.144. The zero-order valence-corrected chi connectivity index (χ0v) is 18.3. The van der Waals surface area contributed by atoms with E-state index in [0.29, 0.717) is 44.2 Å². The van der Waals surface area contributed by atoms with Crippen LogP contribution < -0.4 is 10.4 Å². The number of ether oxygens (including phenoxy) is 3. The van der Waals surface area contributed by atoms with Gasteiger partial charge in [0.15, 0.2) is 0 Å². The number of fused-ring (bicyclic) bond motifs is 3. The molecule has 0 saturated carbocycles. The predicted molar refractivity (Wildman–Crippen MR) is 117 cm³/mol. The average molecular weight is 438 g/mol. The highest BCUT2D eigenvalue weighted by atomic mass is 16.6. The van der Waals surface area contributed by atoms with Gasteiger partial charge in [-0.15, -0.1) is 0 Å². The Morgan fingerprint density at radius 1 is 1.25 bits per heavy atom. The predicted octanol–water partition coefficient (Wildman–Crippen LogP) is 2.97. The number of pyridine rings is 1. The molecule has 0 aliphatic carbocycles. The Hall–Kier alpha value is -3.23. The molecule has 0 bridgehead atoms. The number of carbonyl (C=O) groups is 1. The van der Waals surface area contributed by atoms with Crippen LogP contribution in [0.25, 0.3) is 11.0 Å². The van der Waals surface area contributed by atoms with Crippen molar-refractivity contribution in [2.24, 2.45) is 0 Å². The summed E-state index contributed by atoms with van der Waals surface area (Å²) in [6.07, 6.45) is 2.44. The summed E-state index contributed by atoms with van der Waals surface area (Å²) in [5.41, 5.74) is 3.59. The molecule has 8 nitrogen and oxygen atoms in total. The Balaban J connectivity index is 1.63. The highest BCUT2D eigenvalue weighted by molar-refractivity contribution is 5.86. The zero-order valence-electron chi connectivity index (χ0n) is 18.3. The quantitative estimate of drug-likeness (QED) is 0.301. The molecule has 8 heteroatoms. The van der Waals surface area contributed by atoms with Crippen LogP contribution in [0, 0.1) is 6.92 Å². The van der Waals surface area contributed by atoms with E-state index >= 15 is 0 Å². The van der Waals surface area contributed by atoms with E-state index in [-0.39, 0.29) is 19.0 Å². The number of nitrogens with zero attached hydrogens (tertiary/aromatic N) is 2. The van der Waals surface area contributed by atoms with Crippen LogP contribution >= 0.6 is 0 Å². The van der Waals surface area contributed by atoms with Crippen molar-refractivity contribution in [3.05, 3.63) is 69.3 Å². The first kappa shape index (κ1) is 22.0. The van der Waals surface area contributed by atoms with Crippen molar-refractivity contribution in [2.45, 2.75) is 32.9 Å². The van der Waals surface area contributed by atoms with Crippen molar-refractivity contribution in [2.75, 3.05) is 27.1 Å². The van der Waals surface area contributed by atoms with E-state index in [4.69, 9.17) is 18.6 Å². The molecular formula is C24H26N2O6. The van der Waals surface area contributed by atoms with E-state index in [0.717, 1.165) is 27.8 Å². The molecule has 0 radical (unpaired) electrons. The lowest BCUT2D eigenvalue weighted by Crippen LogP contribution is -2.32. The topological polar surface area (TPSA) is 91.1 Å². The van der Waals surface area contributed by atoms with Crippen molar-refractivity contribution in [3.8, 4) is 5.75 Å². The molecule has 2 aromatic heterocycles. The molecule has 0 fully saturated rings. The normalized spacial score (nSPS) is 13.6. The average Bonchev–Trinajstić information content (AvgIpc) is 2.78. The third kappa shape index (κ3) is 4.98. The number of methoxy groups -OCH3 is 1. The van der Waals surface area contributed by atoms with Gasteiger partial charge in [0.2, 0.25) is 0 Å². The maximum absolute atomic E-state index is 12.1. The first-order valence-electron chi connectivity index (χ1n) is 10.5. The number of rotatable bonds is 8. The molecule has 0 N–H and O–H groups in total. The molecule has 0 saturated heterocycles. The highest BCUT2D eigenvalue weighted by Gasteiger charge is 2.26. The summed E-state index contributed by atoms with van der Waals surface area (Å²) in [6.45, 7) is 3.99. The minimum absolute atomic E-state index is 0.221. The van der Waals surface area contributed by atoms with Gasteiger partial charge in [-0.3, -0.25) is 14.7 Å². The summed E-state index contributed by atoms with van der Waals surface area (Å²) < 4.78 is 21.8. The van der Waals surface area contributed by atoms with Gasteiger partial charge in [0, 0.05) is 44.3 Å². The molecule has 0 atom stereocenters. The standard InChI is InChI=1S/C24H26N2O6/c1-16-11-22(28)32-24-19(16)12-17(6-7-21(27)30-10-9-29-2)23-20(24)14-26(15-31-23)13-18-5-3-4-8-25-18/h3-5,8,11-12H,6-7,9-10,13-15H2,1-2H3. The van der Waals surface area contributed by atoms with Crippen LogP contribution in [-0.4, -0.2) is 42.9 Å². The van der Waals surface area contributed by atoms with E-state index in [1.807, 2.05) is 31.2 Å². The van der Waals surface area contributed by atoms with E-state index in [1.165, 1.54) is 6.07 Å². The molecule has 3 heterocycles. The number of aryl methyl sites for hydroxylation is 2. The van der Waals surface area contributed by atoms with Crippen LogP contribution in [0.15, 0.2) is 45.7 Å². The van der Waals surface area contributed by atoms with Crippen LogP contribution in [0.2, 0.25) is 0 Å². The molecule has 3 aromatic rings. The fraction of sp³-hybridized carbons (Fsp3) is 0.375. The summed E-state index contributed by atoms with van der Waals surface area (Å²) in [4.78, 5) is 30.7. The lowest BCUT2D eigenvalue weighted by atomic mass is 9.97. The molecule has 1 aromatic carbocycles. The van der Waals surface area contributed by atoms with Gasteiger partial charge < -0.3 is 18.6 Å². The summed E-state index contributed by atoms with van der Waals surface area (Å²) in [6, 6.07) is 9.21. The van der Waals surface area contributed by atoms with Crippen LogP contribution in [0.1, 0.15) is 28.8 Å². The zero-order chi connectivity index (χ0) is 22.5. The minimum Gasteiger partial charge on any atom is -0.477 e. The summed E-state index contributed by atoms with van der Waals surface area (Å²) in [5, 5.41) is 0.842. The number of esters is 1. The first-order valence-corrected chi connectivity index (χ1v) is 10.5. The Bertz CT molecular complexity index is 1160. The highest BCUT2D eigenvalue weighted by Crippen LogP contribution is 2.37. The Labute approximate surface area is 185 Å².